The van der Waals surface area contributed by atoms with Gasteiger partial charge >= 0.3 is 5.97 Å². The van der Waals surface area contributed by atoms with E-state index in [1.807, 2.05) is 0 Å². The largest absolute Gasteiger partial charge is 0.462 e. The van der Waals surface area contributed by atoms with Gasteiger partial charge in [-0.25, -0.2) is 9.78 Å². The third-order valence-electron chi connectivity index (χ3n) is 5.59. The quantitative estimate of drug-likeness (QED) is 0.408. The Bertz CT molecular complexity index is 916. The smallest absolute Gasteiger partial charge is 0.350 e. The van der Waals surface area contributed by atoms with Crippen LogP contribution in [0.1, 0.15) is 71.9 Å². The molecule has 0 saturated carbocycles. The standard InChI is InChI=1S/C23H31N3O5S/c1-4-6-7-12-26(23-24-16(3)19(32-23)22(29)30-5-2)20(27)17-10-13-25(14-11-17)21(28)18-9-8-15-31-18/h8-9,15,17H,4-7,10-14H2,1-3H3. The van der Waals surface area contributed by atoms with Gasteiger partial charge in [-0.1, -0.05) is 31.1 Å². The summed E-state index contributed by atoms with van der Waals surface area (Å²) in [6, 6.07) is 3.35. The molecule has 0 aliphatic carbocycles. The summed E-state index contributed by atoms with van der Waals surface area (Å²) in [7, 11) is 0. The monoisotopic (exact) mass is 461 g/mol. The lowest BCUT2D eigenvalue weighted by molar-refractivity contribution is -0.123. The van der Waals surface area contributed by atoms with Gasteiger partial charge in [-0.2, -0.15) is 0 Å². The lowest BCUT2D eigenvalue weighted by atomic mass is 9.95. The summed E-state index contributed by atoms with van der Waals surface area (Å²) in [6.07, 6.45) is 5.58. The molecule has 1 saturated heterocycles. The fraction of sp³-hybridized carbons (Fsp3) is 0.565. The van der Waals surface area contributed by atoms with Gasteiger partial charge in [0.15, 0.2) is 10.9 Å². The number of hydrogen-bond donors (Lipinski definition) is 0. The van der Waals surface area contributed by atoms with Crippen LogP contribution in [0, 0.1) is 12.8 Å². The number of unbranched alkanes of at least 4 members (excludes halogenated alkanes) is 2. The summed E-state index contributed by atoms with van der Waals surface area (Å²) in [5.74, 6) is -0.404. The molecule has 0 unspecified atom stereocenters. The van der Waals surface area contributed by atoms with Crippen molar-refractivity contribution in [1.82, 2.24) is 9.88 Å². The van der Waals surface area contributed by atoms with Gasteiger partial charge in [-0.3, -0.25) is 14.5 Å². The molecule has 0 atom stereocenters. The zero-order chi connectivity index (χ0) is 23.1. The van der Waals surface area contributed by atoms with Gasteiger partial charge in [-0.15, -0.1) is 0 Å². The van der Waals surface area contributed by atoms with Gasteiger partial charge in [-0.05, 0) is 45.2 Å². The summed E-state index contributed by atoms with van der Waals surface area (Å²) in [5.41, 5.74) is 0.579. The van der Waals surface area contributed by atoms with Crippen molar-refractivity contribution in [2.75, 3.05) is 31.1 Å². The molecule has 0 radical (unpaired) electrons. The van der Waals surface area contributed by atoms with E-state index in [9.17, 15) is 14.4 Å². The van der Waals surface area contributed by atoms with Crippen LogP contribution >= 0.6 is 11.3 Å². The van der Waals surface area contributed by atoms with E-state index in [2.05, 4.69) is 11.9 Å². The van der Waals surface area contributed by atoms with Crippen molar-refractivity contribution >= 4 is 34.3 Å². The number of nitrogens with zero attached hydrogens (tertiary/aromatic N) is 3. The van der Waals surface area contributed by atoms with Gasteiger partial charge in [0.2, 0.25) is 5.91 Å². The number of thiazole rings is 1. The molecule has 174 valence electrons. The molecule has 32 heavy (non-hydrogen) atoms. The zero-order valence-corrected chi connectivity index (χ0v) is 19.8. The Balaban J connectivity index is 1.71. The van der Waals surface area contributed by atoms with Crippen LogP contribution in [0.2, 0.25) is 0 Å². The van der Waals surface area contributed by atoms with Crippen LogP contribution in [0.25, 0.3) is 0 Å². The van der Waals surface area contributed by atoms with Crippen LogP contribution in [0.5, 0.6) is 0 Å². The van der Waals surface area contributed by atoms with Crippen molar-refractivity contribution < 1.29 is 23.5 Å². The molecule has 3 heterocycles. The Morgan fingerprint density at radius 3 is 2.62 bits per heavy atom. The highest BCUT2D eigenvalue weighted by atomic mass is 32.1. The summed E-state index contributed by atoms with van der Waals surface area (Å²) >= 11 is 1.21. The molecule has 8 nitrogen and oxygen atoms in total. The van der Waals surface area contributed by atoms with Crippen molar-refractivity contribution in [3.63, 3.8) is 0 Å². The van der Waals surface area contributed by atoms with Crippen molar-refractivity contribution in [2.24, 2.45) is 5.92 Å². The van der Waals surface area contributed by atoms with Gasteiger partial charge < -0.3 is 14.1 Å². The van der Waals surface area contributed by atoms with Crippen LogP contribution in [-0.4, -0.2) is 53.9 Å². The summed E-state index contributed by atoms with van der Waals surface area (Å²) in [5, 5.41) is 0.542. The number of carbonyl (C=O) groups excluding carboxylic acids is 3. The number of rotatable bonds is 9. The van der Waals surface area contributed by atoms with Crippen molar-refractivity contribution in [3.8, 4) is 0 Å². The Labute approximate surface area is 192 Å². The minimum atomic E-state index is -0.403. The second-order valence-corrected chi connectivity index (χ2v) is 8.85. The van der Waals surface area contributed by atoms with Crippen LogP contribution < -0.4 is 4.90 Å². The molecular formula is C23H31N3O5S. The molecule has 2 aromatic rings. The molecule has 0 aromatic carbocycles. The lowest BCUT2D eigenvalue weighted by Crippen LogP contribution is -2.44. The van der Waals surface area contributed by atoms with Crippen LogP contribution in [0.3, 0.4) is 0 Å². The minimum absolute atomic E-state index is 0.00959. The fourth-order valence-corrected chi connectivity index (χ4v) is 4.80. The number of esters is 1. The molecule has 2 amide bonds. The lowest BCUT2D eigenvalue weighted by Gasteiger charge is -2.33. The van der Waals surface area contributed by atoms with E-state index < -0.39 is 5.97 Å². The number of carbonyl (C=O) groups is 3. The maximum atomic E-state index is 13.5. The van der Waals surface area contributed by atoms with E-state index in [1.54, 1.807) is 35.8 Å². The number of likely N-dealkylation sites (tertiary alicyclic amines) is 1. The molecule has 0 spiro atoms. The van der Waals surface area contributed by atoms with Crippen LogP contribution in [0.15, 0.2) is 22.8 Å². The molecular weight excluding hydrogens is 430 g/mol. The minimum Gasteiger partial charge on any atom is -0.462 e. The third kappa shape index (κ3) is 5.56. The number of anilines is 1. The van der Waals surface area contributed by atoms with Crippen LogP contribution in [-0.2, 0) is 9.53 Å². The predicted molar refractivity (Wildman–Crippen MR) is 122 cm³/mol. The van der Waals surface area contributed by atoms with Gasteiger partial charge in [0, 0.05) is 25.6 Å². The molecule has 3 rings (SSSR count). The molecule has 0 N–H and O–H groups in total. The number of hydrogen-bond acceptors (Lipinski definition) is 7. The number of ether oxygens (including phenoxy) is 1. The molecule has 1 fully saturated rings. The average molecular weight is 462 g/mol. The number of piperidine rings is 1. The predicted octanol–water partition coefficient (Wildman–Crippen LogP) is 4.30. The normalized spacial score (nSPS) is 14.4. The first-order chi connectivity index (χ1) is 15.5. The second-order valence-electron chi connectivity index (χ2n) is 7.87. The first-order valence-electron chi connectivity index (χ1n) is 11.2. The molecule has 9 heteroatoms. The van der Waals surface area contributed by atoms with Crippen molar-refractivity contribution in [1.29, 1.82) is 0 Å². The Hall–Kier alpha value is -2.68. The number of aryl methyl sites for hydroxylation is 1. The van der Waals surface area contributed by atoms with E-state index in [0.29, 0.717) is 60.5 Å². The maximum Gasteiger partial charge on any atom is 0.350 e. The molecule has 0 bridgehead atoms. The zero-order valence-electron chi connectivity index (χ0n) is 19.0. The third-order valence-corrected chi connectivity index (χ3v) is 6.75. The Morgan fingerprint density at radius 1 is 1.25 bits per heavy atom. The van der Waals surface area contributed by atoms with Crippen LogP contribution in [0.4, 0.5) is 5.13 Å². The van der Waals surface area contributed by atoms with Gasteiger partial charge in [0.05, 0.1) is 18.6 Å². The Morgan fingerprint density at radius 2 is 2.00 bits per heavy atom. The molecule has 1 aliphatic rings. The summed E-state index contributed by atoms with van der Waals surface area (Å²) in [4.78, 5) is 46.6. The number of aromatic nitrogens is 1. The van der Waals surface area contributed by atoms with E-state index in [-0.39, 0.29) is 17.7 Å². The van der Waals surface area contributed by atoms with Gasteiger partial charge in [0.1, 0.15) is 4.88 Å². The fourth-order valence-electron chi connectivity index (χ4n) is 3.81. The SMILES string of the molecule is CCCCCN(C(=O)C1CCN(C(=O)c2ccco2)CC1)c1nc(C)c(C(=O)OCC)s1. The highest BCUT2D eigenvalue weighted by Crippen LogP contribution is 2.30. The highest BCUT2D eigenvalue weighted by Gasteiger charge is 2.33. The molecule has 1 aliphatic heterocycles. The number of amides is 2. The highest BCUT2D eigenvalue weighted by molar-refractivity contribution is 7.17. The maximum absolute atomic E-state index is 13.5. The van der Waals surface area contributed by atoms with E-state index in [0.717, 1.165) is 19.3 Å². The summed E-state index contributed by atoms with van der Waals surface area (Å²) < 4.78 is 10.3. The van der Waals surface area contributed by atoms with E-state index >= 15 is 0 Å². The summed E-state index contributed by atoms with van der Waals surface area (Å²) in [6.45, 7) is 7.50. The van der Waals surface area contributed by atoms with E-state index in [4.69, 9.17) is 9.15 Å². The Kier molecular flexibility index (Phi) is 8.44. The van der Waals surface area contributed by atoms with Gasteiger partial charge in [0.25, 0.3) is 5.91 Å². The average Bonchev–Trinajstić information content (AvgIpc) is 3.46. The first kappa shape index (κ1) is 24.0. The first-order valence-corrected chi connectivity index (χ1v) is 12.1. The number of furan rings is 1. The van der Waals surface area contributed by atoms with E-state index in [1.165, 1.54) is 17.6 Å². The van der Waals surface area contributed by atoms with Crippen molar-refractivity contribution in [3.05, 3.63) is 34.7 Å². The molecule has 2 aromatic heterocycles. The topological polar surface area (TPSA) is 93.0 Å². The van der Waals surface area contributed by atoms with Crippen molar-refractivity contribution in [2.45, 2.75) is 52.9 Å². The second kappa shape index (κ2) is 11.3.